The molecule has 0 rings (SSSR count). The quantitative estimate of drug-likeness (QED) is 0.0909. The fourth-order valence-corrected chi connectivity index (χ4v) is 3.81. The van der Waals surface area contributed by atoms with Crippen LogP contribution < -0.4 is 0 Å². The standard InChI is InChI=1S/4C8H16O2.2Sn.2H/c4*1-3-5-6-7(4-2)8(9)10;;;;/h4*7H,3-6H2,1-2H3,(H,9,10);;;;. The second-order valence-electron chi connectivity index (χ2n) is 10.3. The number of unbranched alkanes of at least 4 members (excludes halogenated alkanes) is 4. The van der Waals surface area contributed by atoms with E-state index in [2.05, 4.69) is 27.7 Å². The van der Waals surface area contributed by atoms with Gasteiger partial charge < -0.3 is 20.4 Å². The van der Waals surface area contributed by atoms with Gasteiger partial charge in [-0.1, -0.05) is 107 Å². The van der Waals surface area contributed by atoms with Gasteiger partial charge in [-0.25, -0.2) is 0 Å². The van der Waals surface area contributed by atoms with E-state index >= 15 is 0 Å². The molecular formula is C32H66O8Sn2. The fourth-order valence-electron chi connectivity index (χ4n) is 3.81. The molecule has 0 bridgehead atoms. The van der Waals surface area contributed by atoms with Gasteiger partial charge in [0.15, 0.2) is 0 Å². The van der Waals surface area contributed by atoms with Crippen LogP contribution in [0.25, 0.3) is 0 Å². The van der Waals surface area contributed by atoms with Crippen molar-refractivity contribution in [3.63, 3.8) is 0 Å². The van der Waals surface area contributed by atoms with E-state index in [1.807, 2.05) is 27.7 Å². The fraction of sp³-hybridized carbons (Fsp3) is 0.875. The number of hydrogen-bond acceptors (Lipinski definition) is 4. The summed E-state index contributed by atoms with van der Waals surface area (Å²) in [6, 6.07) is 0. The van der Waals surface area contributed by atoms with E-state index in [1.165, 1.54) is 0 Å². The zero-order valence-electron chi connectivity index (χ0n) is 28.3. The molecule has 0 aromatic carbocycles. The number of rotatable bonds is 20. The van der Waals surface area contributed by atoms with E-state index in [1.54, 1.807) is 0 Å². The third kappa shape index (κ3) is 37.5. The van der Waals surface area contributed by atoms with E-state index in [0.717, 1.165) is 103 Å². The molecule has 0 aliphatic carbocycles. The SMILES string of the molecule is CCCCC(CC)C(=O)O.CCCCC(CC)C(=O)O.CCCCC(CC)C(=O)O.CCCCC(CC)C(=O)O.[SnH2].[Sn]. The number of carbonyl (C=O) groups is 4. The zero-order valence-corrected chi connectivity index (χ0v) is 35.1. The molecule has 0 saturated heterocycles. The van der Waals surface area contributed by atoms with Crippen LogP contribution in [0.1, 0.15) is 158 Å². The van der Waals surface area contributed by atoms with Crippen LogP contribution in [0.3, 0.4) is 0 Å². The van der Waals surface area contributed by atoms with Crippen LogP contribution in [-0.2, 0) is 19.2 Å². The summed E-state index contributed by atoms with van der Waals surface area (Å²) in [5, 5.41) is 34.4. The summed E-state index contributed by atoms with van der Waals surface area (Å²) in [4.78, 5) is 41.7. The number of carboxylic acids is 4. The van der Waals surface area contributed by atoms with Crippen molar-refractivity contribution in [3.8, 4) is 0 Å². The second kappa shape index (κ2) is 40.5. The summed E-state index contributed by atoms with van der Waals surface area (Å²) < 4.78 is 0. The minimum Gasteiger partial charge on any atom is 0 e. The van der Waals surface area contributed by atoms with Crippen molar-refractivity contribution in [1.29, 1.82) is 0 Å². The van der Waals surface area contributed by atoms with Gasteiger partial charge in [0.25, 0.3) is 0 Å². The van der Waals surface area contributed by atoms with Gasteiger partial charge in [-0.2, -0.15) is 0 Å². The van der Waals surface area contributed by atoms with E-state index in [0.29, 0.717) is 0 Å². The normalized spacial score (nSPS) is 12.4. The van der Waals surface area contributed by atoms with Crippen molar-refractivity contribution in [3.05, 3.63) is 0 Å². The van der Waals surface area contributed by atoms with Crippen LogP contribution in [0.5, 0.6) is 0 Å². The summed E-state index contributed by atoms with van der Waals surface area (Å²) in [6.45, 7) is 16.0. The maximum atomic E-state index is 10.4. The summed E-state index contributed by atoms with van der Waals surface area (Å²) >= 11 is 0. The Morgan fingerprint density at radius 2 is 0.548 bits per heavy atom. The van der Waals surface area contributed by atoms with Crippen molar-refractivity contribution in [1.82, 2.24) is 0 Å². The van der Waals surface area contributed by atoms with Crippen LogP contribution in [-0.4, -0.2) is 92.1 Å². The molecule has 0 fully saturated rings. The Morgan fingerprint density at radius 3 is 0.619 bits per heavy atom. The molecule has 0 amide bonds. The third-order valence-electron chi connectivity index (χ3n) is 6.99. The first kappa shape index (κ1) is 54.0. The maximum absolute atomic E-state index is 10.4. The minimum absolute atomic E-state index is 0. The van der Waals surface area contributed by atoms with E-state index in [9.17, 15) is 19.2 Å². The van der Waals surface area contributed by atoms with Crippen molar-refractivity contribution in [2.45, 2.75) is 158 Å². The topological polar surface area (TPSA) is 149 Å². The Labute approximate surface area is 291 Å². The Balaban J connectivity index is -0.000000101. The van der Waals surface area contributed by atoms with Crippen LogP contribution in [0.2, 0.25) is 0 Å². The summed E-state index contributed by atoms with van der Waals surface area (Å²) in [5.74, 6) is -3.02. The Bertz CT molecular complexity index is 513. The number of aliphatic carboxylic acids is 4. The summed E-state index contributed by atoms with van der Waals surface area (Å²) in [5.41, 5.74) is 0. The molecule has 0 aliphatic heterocycles. The first-order chi connectivity index (χ1) is 18.9. The number of hydrogen-bond donors (Lipinski definition) is 4. The van der Waals surface area contributed by atoms with Crippen molar-refractivity contribution in [2.75, 3.05) is 0 Å². The predicted octanol–water partition coefficient (Wildman–Crippen LogP) is 7.85. The second-order valence-corrected chi connectivity index (χ2v) is 10.3. The van der Waals surface area contributed by atoms with Gasteiger partial charge >= 0.3 is 47.8 Å². The third-order valence-corrected chi connectivity index (χ3v) is 6.99. The van der Waals surface area contributed by atoms with Gasteiger partial charge in [0, 0.05) is 23.9 Å². The average molecular weight is 816 g/mol. The summed E-state index contributed by atoms with van der Waals surface area (Å²) in [6.07, 6.45) is 14.9. The Kier molecular flexibility index (Phi) is 52.0. The van der Waals surface area contributed by atoms with Gasteiger partial charge in [0.05, 0.1) is 23.7 Å². The predicted molar refractivity (Wildman–Crippen MR) is 178 cm³/mol. The molecular weight excluding hydrogens is 750 g/mol. The minimum atomic E-state index is -0.643. The van der Waals surface area contributed by atoms with E-state index < -0.39 is 23.9 Å². The Morgan fingerprint density at radius 1 is 0.405 bits per heavy atom. The van der Waals surface area contributed by atoms with E-state index in [-0.39, 0.29) is 71.5 Å². The maximum Gasteiger partial charge on any atom is 0 e. The van der Waals surface area contributed by atoms with Gasteiger partial charge in [-0.15, -0.1) is 0 Å². The van der Waals surface area contributed by atoms with Crippen LogP contribution in [0.4, 0.5) is 0 Å². The molecule has 4 unspecified atom stereocenters. The van der Waals surface area contributed by atoms with Crippen molar-refractivity contribution < 1.29 is 39.6 Å². The molecule has 0 saturated carbocycles. The molecule has 10 heteroatoms. The smallest absolute Gasteiger partial charge is 0 e. The molecule has 0 spiro atoms. The molecule has 0 aliphatic rings. The Hall–Kier alpha value is -0.523. The molecule has 250 valence electrons. The molecule has 4 atom stereocenters. The molecule has 0 heterocycles. The van der Waals surface area contributed by atoms with Crippen LogP contribution >= 0.6 is 0 Å². The van der Waals surface area contributed by atoms with Gasteiger partial charge in [0.2, 0.25) is 0 Å². The largest absolute Gasteiger partial charge is 0 e. The molecule has 0 aromatic rings. The molecule has 42 heavy (non-hydrogen) atoms. The molecule has 8 nitrogen and oxygen atoms in total. The van der Waals surface area contributed by atoms with Crippen LogP contribution in [0, 0.1) is 23.7 Å². The molecule has 4 N–H and O–H groups in total. The zero-order chi connectivity index (χ0) is 31.9. The van der Waals surface area contributed by atoms with Crippen LogP contribution in [0.15, 0.2) is 0 Å². The van der Waals surface area contributed by atoms with E-state index in [4.69, 9.17) is 20.4 Å². The molecule has 0 aromatic heterocycles. The monoisotopic (exact) mass is 818 g/mol. The first-order valence-corrected chi connectivity index (χ1v) is 15.8. The van der Waals surface area contributed by atoms with Gasteiger partial charge in [0.1, 0.15) is 0 Å². The number of carboxylic acid groups (broad SMARTS) is 4. The van der Waals surface area contributed by atoms with Gasteiger partial charge in [-0.3, -0.25) is 19.2 Å². The van der Waals surface area contributed by atoms with Crippen molar-refractivity contribution in [2.24, 2.45) is 23.7 Å². The summed E-state index contributed by atoms with van der Waals surface area (Å²) in [7, 11) is 0. The van der Waals surface area contributed by atoms with Crippen molar-refractivity contribution >= 4 is 71.7 Å². The van der Waals surface area contributed by atoms with Gasteiger partial charge in [-0.05, 0) is 51.4 Å². The first-order valence-electron chi connectivity index (χ1n) is 15.8. The molecule has 6 radical (unpaired) electrons. The average Bonchev–Trinajstić information content (AvgIpc) is 2.91.